The Balaban J connectivity index is 0. The maximum atomic E-state index is 5.74. The summed E-state index contributed by atoms with van der Waals surface area (Å²) >= 11 is 0. The van der Waals surface area contributed by atoms with Crippen molar-refractivity contribution in [2.45, 2.75) is 58.3 Å². The lowest BCUT2D eigenvalue weighted by atomic mass is 10.1. The third kappa shape index (κ3) is 17.7. The van der Waals surface area contributed by atoms with Gasteiger partial charge in [0.1, 0.15) is 18.8 Å². The summed E-state index contributed by atoms with van der Waals surface area (Å²) < 4.78 is 8.05. The fourth-order valence-electron chi connectivity index (χ4n) is 3.22. The van der Waals surface area contributed by atoms with Crippen LogP contribution in [0.25, 0.3) is 0 Å². The van der Waals surface area contributed by atoms with Crippen LogP contribution in [0.15, 0.2) is 30.3 Å². The lowest BCUT2D eigenvalue weighted by Crippen LogP contribution is -3.00. The summed E-state index contributed by atoms with van der Waals surface area (Å²) in [5, 5.41) is 0. The van der Waals surface area contributed by atoms with Crippen molar-refractivity contribution in [3.05, 3.63) is 30.3 Å². The zero-order chi connectivity index (χ0) is 20.0. The number of para-hydroxylation sites is 1. The molecule has 0 aliphatic rings. The van der Waals surface area contributed by atoms with Crippen LogP contribution >= 0.6 is 0 Å². The van der Waals surface area contributed by atoms with Gasteiger partial charge in [-0.25, -0.2) is 0 Å². The van der Waals surface area contributed by atoms with Crippen LogP contribution < -0.4 is 52.7 Å². The van der Waals surface area contributed by atoms with Gasteiger partial charge in [0.25, 0.3) is 0 Å². The summed E-state index contributed by atoms with van der Waals surface area (Å²) in [4.78, 5) is 0. The molecule has 0 fully saturated rings. The van der Waals surface area contributed by atoms with Crippen molar-refractivity contribution in [2.75, 3.05) is 61.0 Å². The molecule has 0 aliphatic heterocycles. The van der Waals surface area contributed by atoms with E-state index in [-0.39, 0.29) is 48.0 Å². The Morgan fingerprint density at radius 1 is 0.621 bits per heavy atom. The number of ether oxygens (including phenoxy) is 1. The molecule has 0 bridgehead atoms. The maximum Gasteiger partial charge on any atom is 0.128 e. The molecule has 3 nitrogen and oxygen atoms in total. The number of likely N-dealkylation sites (N-methyl/N-ethyl adjacent to an activating group) is 2. The molecule has 0 saturated carbocycles. The van der Waals surface area contributed by atoms with Crippen molar-refractivity contribution in [1.29, 1.82) is 0 Å². The van der Waals surface area contributed by atoms with E-state index in [1.54, 1.807) is 0 Å². The molecule has 0 N–H and O–H groups in total. The van der Waals surface area contributed by atoms with Crippen LogP contribution in [0.5, 0.6) is 5.75 Å². The number of hydrogen-bond donors (Lipinski definition) is 0. The minimum absolute atomic E-state index is 0. The molecule has 5 heteroatoms. The molecular weight excluding hydrogens is 586 g/mol. The van der Waals surface area contributed by atoms with Crippen molar-refractivity contribution in [1.82, 2.24) is 0 Å². The maximum absolute atomic E-state index is 5.74. The third-order valence-corrected chi connectivity index (χ3v) is 5.84. The van der Waals surface area contributed by atoms with E-state index in [0.29, 0.717) is 0 Å². The van der Waals surface area contributed by atoms with E-state index < -0.39 is 0 Å². The largest absolute Gasteiger partial charge is 1.00 e. The monoisotopic (exact) mass is 632 g/mol. The summed E-state index contributed by atoms with van der Waals surface area (Å²) in [5.74, 6) is 0.996. The van der Waals surface area contributed by atoms with Gasteiger partial charge >= 0.3 is 0 Å². The lowest BCUT2D eigenvalue weighted by molar-refractivity contribution is -0.945. The molecule has 0 atom stereocenters. The van der Waals surface area contributed by atoms with E-state index in [9.17, 15) is 0 Å². The molecule has 172 valence electrons. The molecule has 0 aromatic heterocycles. The predicted molar refractivity (Wildman–Crippen MR) is 118 cm³/mol. The molecule has 1 aromatic rings. The predicted octanol–water partition coefficient (Wildman–Crippen LogP) is -0.633. The van der Waals surface area contributed by atoms with Gasteiger partial charge in [-0.2, -0.15) is 0 Å². The number of rotatable bonds is 16. The molecule has 0 spiro atoms. The molecule has 0 amide bonds. The highest BCUT2D eigenvalue weighted by Crippen LogP contribution is 2.12. The topological polar surface area (TPSA) is 9.23 Å². The standard InChI is InChI=1S/C24H46N2O.2HI/c1-6-25(2,3)21-22-26(4,5)20-16-11-9-7-8-10-12-17-23-27-24-18-14-13-15-19-24;;/h13-15,18-19H,6-12,16-17,20-23H2,1-5H3;2*1H/q+2;;/p-2. The molecule has 0 saturated heterocycles. The van der Waals surface area contributed by atoms with E-state index in [4.69, 9.17) is 4.74 Å². The van der Waals surface area contributed by atoms with Crippen molar-refractivity contribution >= 4 is 0 Å². The van der Waals surface area contributed by atoms with E-state index in [2.05, 4.69) is 35.1 Å². The zero-order valence-corrected chi connectivity index (χ0v) is 24.0. The molecule has 29 heavy (non-hydrogen) atoms. The van der Waals surface area contributed by atoms with Gasteiger partial charge in [0, 0.05) is 0 Å². The Labute approximate surface area is 215 Å². The van der Waals surface area contributed by atoms with E-state index >= 15 is 0 Å². The average Bonchev–Trinajstić information content (AvgIpc) is 2.65. The van der Waals surface area contributed by atoms with Gasteiger partial charge in [0.15, 0.2) is 0 Å². The molecule has 0 heterocycles. The van der Waals surface area contributed by atoms with E-state index in [0.717, 1.165) is 16.8 Å². The van der Waals surface area contributed by atoms with Gasteiger partial charge in [-0.3, -0.25) is 0 Å². The molecule has 0 unspecified atom stereocenters. The Bertz CT molecular complexity index is 481. The van der Waals surface area contributed by atoms with Crippen LogP contribution in [0, 0.1) is 0 Å². The molecule has 0 radical (unpaired) electrons. The summed E-state index contributed by atoms with van der Waals surface area (Å²) in [5.41, 5.74) is 0. The second-order valence-corrected chi connectivity index (χ2v) is 9.35. The summed E-state index contributed by atoms with van der Waals surface area (Å²) in [6, 6.07) is 10.1. The Morgan fingerprint density at radius 2 is 1.10 bits per heavy atom. The highest BCUT2D eigenvalue weighted by Gasteiger charge is 2.20. The molecule has 1 rings (SSSR count). The molecular formula is C24H46I2N2O. The van der Waals surface area contributed by atoms with Crippen LogP contribution in [0.3, 0.4) is 0 Å². The van der Waals surface area contributed by atoms with Crippen LogP contribution in [-0.4, -0.2) is 69.9 Å². The van der Waals surface area contributed by atoms with Gasteiger partial charge in [0.2, 0.25) is 0 Å². The highest BCUT2D eigenvalue weighted by atomic mass is 127. The first-order valence-corrected chi connectivity index (χ1v) is 11.2. The molecule has 0 aliphatic carbocycles. The van der Waals surface area contributed by atoms with E-state index in [1.165, 1.54) is 82.0 Å². The van der Waals surface area contributed by atoms with Gasteiger partial charge in [-0.1, -0.05) is 50.3 Å². The smallest absolute Gasteiger partial charge is 0.128 e. The van der Waals surface area contributed by atoms with Crippen molar-refractivity contribution < 1.29 is 61.7 Å². The lowest BCUT2D eigenvalue weighted by Gasteiger charge is -2.35. The number of halogens is 2. The van der Waals surface area contributed by atoms with Gasteiger partial charge in [-0.15, -0.1) is 0 Å². The number of quaternary nitrogens is 2. The average molecular weight is 632 g/mol. The summed E-state index contributed by atoms with van der Waals surface area (Å²) in [6.07, 6.45) is 10.8. The number of nitrogens with zero attached hydrogens (tertiary/aromatic N) is 2. The summed E-state index contributed by atoms with van der Waals surface area (Å²) in [7, 11) is 9.47. The third-order valence-electron chi connectivity index (χ3n) is 5.84. The minimum Gasteiger partial charge on any atom is -1.00 e. The van der Waals surface area contributed by atoms with Crippen LogP contribution in [0.2, 0.25) is 0 Å². The van der Waals surface area contributed by atoms with Gasteiger partial charge in [-0.05, 0) is 38.3 Å². The Hall–Kier alpha value is 0.400. The SMILES string of the molecule is CC[N+](C)(C)CC[N+](C)(C)CCCCCCCCCCOc1ccccc1.[I-].[I-]. The first-order chi connectivity index (χ1) is 12.8. The van der Waals surface area contributed by atoms with Crippen LogP contribution in [0.1, 0.15) is 58.3 Å². The number of unbranched alkanes of at least 4 members (excludes halogenated alkanes) is 7. The second-order valence-electron chi connectivity index (χ2n) is 9.35. The van der Waals surface area contributed by atoms with Gasteiger partial charge < -0.3 is 61.7 Å². The molecule has 1 aromatic carbocycles. The van der Waals surface area contributed by atoms with E-state index in [1.807, 2.05) is 30.3 Å². The highest BCUT2D eigenvalue weighted by molar-refractivity contribution is 5.20. The van der Waals surface area contributed by atoms with Crippen LogP contribution in [-0.2, 0) is 0 Å². The van der Waals surface area contributed by atoms with Crippen molar-refractivity contribution in [3.8, 4) is 5.75 Å². The normalized spacial score (nSPS) is 11.5. The van der Waals surface area contributed by atoms with Crippen LogP contribution in [0.4, 0.5) is 0 Å². The fourth-order valence-corrected chi connectivity index (χ4v) is 3.22. The van der Waals surface area contributed by atoms with Gasteiger partial charge in [0.05, 0.1) is 47.9 Å². The quantitative estimate of drug-likeness (QED) is 0.134. The summed E-state index contributed by atoms with van der Waals surface area (Å²) in [6.45, 7) is 8.24. The Morgan fingerprint density at radius 3 is 1.66 bits per heavy atom. The minimum atomic E-state index is 0. The number of hydrogen-bond acceptors (Lipinski definition) is 1. The fraction of sp³-hybridized carbons (Fsp3) is 0.750. The second kappa shape index (κ2) is 18.0. The first kappa shape index (κ1) is 31.6. The number of benzene rings is 1. The Kier molecular flexibility index (Phi) is 19.6. The van der Waals surface area contributed by atoms with Crippen molar-refractivity contribution in [2.24, 2.45) is 0 Å². The zero-order valence-electron chi connectivity index (χ0n) is 19.6. The van der Waals surface area contributed by atoms with Crippen molar-refractivity contribution in [3.63, 3.8) is 0 Å². The first-order valence-electron chi connectivity index (χ1n) is 11.2.